The highest BCUT2D eigenvalue weighted by molar-refractivity contribution is 5.00. The van der Waals surface area contributed by atoms with E-state index < -0.39 is 0 Å². The van der Waals surface area contributed by atoms with Gasteiger partial charge in [-0.3, -0.25) is 0 Å². The normalized spacial score (nSPS) is 26.6. The summed E-state index contributed by atoms with van der Waals surface area (Å²) in [5.74, 6) is 1.67. The Kier molecular flexibility index (Phi) is 5.16. The lowest BCUT2D eigenvalue weighted by molar-refractivity contribution is 0.0616. The molecule has 0 amide bonds. The van der Waals surface area contributed by atoms with E-state index in [0.29, 0.717) is 5.92 Å². The monoisotopic (exact) mass is 280 g/mol. The second kappa shape index (κ2) is 6.68. The molecule has 2 heterocycles. The highest BCUT2D eigenvalue weighted by Gasteiger charge is 2.42. The highest BCUT2D eigenvalue weighted by Crippen LogP contribution is 2.37. The van der Waals surface area contributed by atoms with Gasteiger partial charge in [0, 0.05) is 31.5 Å². The second-order valence-corrected chi connectivity index (χ2v) is 6.33. The van der Waals surface area contributed by atoms with Crippen LogP contribution in [-0.4, -0.2) is 40.6 Å². The van der Waals surface area contributed by atoms with Gasteiger partial charge in [0.05, 0.1) is 6.10 Å². The molecule has 2 rings (SSSR count). The van der Waals surface area contributed by atoms with Gasteiger partial charge >= 0.3 is 0 Å². The number of hydrogen-bond donors (Lipinski definition) is 1. The van der Waals surface area contributed by atoms with Crippen LogP contribution in [0.2, 0.25) is 0 Å². The predicted molar refractivity (Wildman–Crippen MR) is 79.6 cm³/mol. The Morgan fingerprint density at radius 3 is 2.95 bits per heavy atom. The molecular weight excluding hydrogens is 252 g/mol. The molecule has 1 saturated heterocycles. The lowest BCUT2D eigenvalue weighted by Crippen LogP contribution is -2.42. The molecule has 1 N–H and O–H groups in total. The lowest BCUT2D eigenvalue weighted by atomic mass is 9.78. The number of rotatable bonds is 7. The summed E-state index contributed by atoms with van der Waals surface area (Å²) in [7, 11) is 0. The first-order chi connectivity index (χ1) is 9.57. The molecule has 5 heteroatoms. The Balaban J connectivity index is 2.14. The Hall–Kier alpha value is -0.940. The maximum atomic E-state index is 5.84. The molecule has 1 aliphatic rings. The Labute approximate surface area is 122 Å². The fourth-order valence-electron chi connectivity index (χ4n) is 2.96. The van der Waals surface area contributed by atoms with Crippen molar-refractivity contribution in [3.05, 3.63) is 12.2 Å². The lowest BCUT2D eigenvalue weighted by Gasteiger charge is -2.32. The number of hydrogen-bond acceptors (Lipinski definition) is 4. The van der Waals surface area contributed by atoms with E-state index in [4.69, 9.17) is 4.74 Å². The first-order valence-corrected chi connectivity index (χ1v) is 7.76. The molecule has 0 radical (unpaired) electrons. The van der Waals surface area contributed by atoms with Crippen molar-refractivity contribution in [2.45, 2.75) is 53.2 Å². The molecule has 114 valence electrons. The molecule has 2 atom stereocenters. The second-order valence-electron chi connectivity index (χ2n) is 6.33. The van der Waals surface area contributed by atoms with Crippen LogP contribution in [-0.2, 0) is 17.7 Å². The minimum atomic E-state index is 0.151. The van der Waals surface area contributed by atoms with E-state index in [9.17, 15) is 0 Å². The van der Waals surface area contributed by atoms with E-state index >= 15 is 0 Å². The van der Waals surface area contributed by atoms with Crippen LogP contribution < -0.4 is 5.32 Å². The number of nitrogens with zero attached hydrogens (tertiary/aromatic N) is 3. The van der Waals surface area contributed by atoms with E-state index in [0.717, 1.165) is 44.9 Å². The molecule has 1 fully saturated rings. The number of nitrogens with one attached hydrogen (secondary N) is 1. The van der Waals surface area contributed by atoms with Gasteiger partial charge in [-0.05, 0) is 25.8 Å². The molecule has 0 bridgehead atoms. The Morgan fingerprint density at radius 1 is 1.55 bits per heavy atom. The molecule has 1 aliphatic heterocycles. The van der Waals surface area contributed by atoms with Crippen molar-refractivity contribution in [2.75, 3.05) is 19.7 Å². The molecule has 20 heavy (non-hydrogen) atoms. The van der Waals surface area contributed by atoms with E-state index in [1.54, 1.807) is 6.33 Å². The van der Waals surface area contributed by atoms with Crippen LogP contribution in [0.5, 0.6) is 0 Å². The summed E-state index contributed by atoms with van der Waals surface area (Å²) in [6.45, 7) is 12.5. The Morgan fingerprint density at radius 2 is 2.35 bits per heavy atom. The summed E-state index contributed by atoms with van der Waals surface area (Å²) >= 11 is 0. The zero-order valence-corrected chi connectivity index (χ0v) is 13.2. The number of ether oxygens (including phenoxy) is 1. The molecule has 0 aromatic carbocycles. The van der Waals surface area contributed by atoms with Gasteiger partial charge in [0.25, 0.3) is 0 Å². The van der Waals surface area contributed by atoms with Gasteiger partial charge in [-0.2, -0.15) is 5.10 Å². The van der Waals surface area contributed by atoms with Gasteiger partial charge in [0.15, 0.2) is 0 Å². The molecule has 0 spiro atoms. The van der Waals surface area contributed by atoms with Gasteiger partial charge in [0.2, 0.25) is 0 Å². The average Bonchev–Trinajstić information content (AvgIpc) is 2.96. The zero-order chi connectivity index (χ0) is 14.6. The van der Waals surface area contributed by atoms with Crippen LogP contribution in [0.15, 0.2) is 6.33 Å². The SMILES string of the molecule is CCNCC1(Cc2ncnn2CC(C)C)CCOC1C. The van der Waals surface area contributed by atoms with Crippen LogP contribution in [0.1, 0.15) is 39.9 Å². The molecule has 0 saturated carbocycles. The van der Waals surface area contributed by atoms with Gasteiger partial charge in [-0.1, -0.05) is 20.8 Å². The fraction of sp³-hybridized carbons (Fsp3) is 0.867. The molecule has 5 nitrogen and oxygen atoms in total. The highest BCUT2D eigenvalue weighted by atomic mass is 16.5. The molecule has 1 aromatic rings. The molecule has 2 unspecified atom stereocenters. The van der Waals surface area contributed by atoms with Gasteiger partial charge in [-0.25, -0.2) is 9.67 Å². The summed E-state index contributed by atoms with van der Waals surface area (Å²) in [6.07, 6.45) is 3.98. The molecule has 1 aromatic heterocycles. The van der Waals surface area contributed by atoms with Crippen LogP contribution >= 0.6 is 0 Å². The van der Waals surface area contributed by atoms with Crippen molar-refractivity contribution in [3.63, 3.8) is 0 Å². The first-order valence-electron chi connectivity index (χ1n) is 7.76. The van der Waals surface area contributed by atoms with E-state index in [1.165, 1.54) is 0 Å². The van der Waals surface area contributed by atoms with Crippen LogP contribution in [0.25, 0.3) is 0 Å². The standard InChI is InChI=1S/C15H28N4O/c1-5-16-10-15(6-7-20-13(15)4)8-14-17-11-18-19(14)9-12(2)3/h11-13,16H,5-10H2,1-4H3. The smallest absolute Gasteiger partial charge is 0.138 e. The van der Waals surface area contributed by atoms with Crippen molar-refractivity contribution in [1.82, 2.24) is 20.1 Å². The van der Waals surface area contributed by atoms with E-state index in [2.05, 4.69) is 47.8 Å². The quantitative estimate of drug-likeness (QED) is 0.828. The third kappa shape index (κ3) is 3.38. The summed E-state index contributed by atoms with van der Waals surface area (Å²) in [6, 6.07) is 0. The summed E-state index contributed by atoms with van der Waals surface area (Å²) in [5, 5.41) is 7.88. The van der Waals surface area contributed by atoms with Crippen molar-refractivity contribution in [3.8, 4) is 0 Å². The van der Waals surface area contributed by atoms with Gasteiger partial charge in [-0.15, -0.1) is 0 Å². The maximum Gasteiger partial charge on any atom is 0.138 e. The van der Waals surface area contributed by atoms with Crippen molar-refractivity contribution >= 4 is 0 Å². The van der Waals surface area contributed by atoms with Crippen molar-refractivity contribution < 1.29 is 4.74 Å². The topological polar surface area (TPSA) is 52.0 Å². The zero-order valence-electron chi connectivity index (χ0n) is 13.2. The van der Waals surface area contributed by atoms with E-state index in [1.807, 2.05) is 0 Å². The predicted octanol–water partition coefficient (Wildman–Crippen LogP) is 1.88. The molecular formula is C15H28N4O. The summed E-state index contributed by atoms with van der Waals surface area (Å²) in [4.78, 5) is 4.49. The third-order valence-corrected chi connectivity index (χ3v) is 4.30. The molecule has 0 aliphatic carbocycles. The van der Waals surface area contributed by atoms with E-state index in [-0.39, 0.29) is 11.5 Å². The minimum Gasteiger partial charge on any atom is -0.378 e. The largest absolute Gasteiger partial charge is 0.378 e. The van der Waals surface area contributed by atoms with Crippen molar-refractivity contribution in [2.24, 2.45) is 11.3 Å². The third-order valence-electron chi connectivity index (χ3n) is 4.30. The summed E-state index contributed by atoms with van der Waals surface area (Å²) < 4.78 is 7.90. The number of aromatic nitrogens is 3. The van der Waals surface area contributed by atoms with Crippen LogP contribution in [0.3, 0.4) is 0 Å². The minimum absolute atomic E-state index is 0.151. The van der Waals surface area contributed by atoms with Crippen LogP contribution in [0.4, 0.5) is 0 Å². The van der Waals surface area contributed by atoms with Gasteiger partial charge in [0.1, 0.15) is 12.2 Å². The van der Waals surface area contributed by atoms with Crippen LogP contribution in [0, 0.1) is 11.3 Å². The summed E-state index contributed by atoms with van der Waals surface area (Å²) in [5.41, 5.74) is 0.151. The Bertz CT molecular complexity index is 418. The first kappa shape index (κ1) is 15.4. The average molecular weight is 280 g/mol. The van der Waals surface area contributed by atoms with Gasteiger partial charge < -0.3 is 10.1 Å². The maximum absolute atomic E-state index is 5.84. The van der Waals surface area contributed by atoms with Crippen molar-refractivity contribution in [1.29, 1.82) is 0 Å². The fourth-order valence-corrected chi connectivity index (χ4v) is 2.96.